The van der Waals surface area contributed by atoms with Crippen molar-refractivity contribution < 1.29 is 23.4 Å². The van der Waals surface area contributed by atoms with Gasteiger partial charge < -0.3 is 23.5 Å². The van der Waals surface area contributed by atoms with Crippen molar-refractivity contribution in [3.63, 3.8) is 0 Å². The maximum absolute atomic E-state index is 13.0. The number of para-hydroxylation sites is 1. The lowest BCUT2D eigenvalue weighted by atomic mass is 10.1. The number of hydrogen-bond acceptors (Lipinski definition) is 6. The van der Waals surface area contributed by atoms with Crippen molar-refractivity contribution in [1.29, 1.82) is 0 Å². The second-order valence-corrected chi connectivity index (χ2v) is 7.93. The van der Waals surface area contributed by atoms with Crippen LogP contribution < -0.4 is 14.2 Å². The van der Waals surface area contributed by atoms with Gasteiger partial charge in [0.05, 0.1) is 20.4 Å². The van der Waals surface area contributed by atoms with Crippen LogP contribution in [0.5, 0.6) is 17.2 Å². The quantitative estimate of drug-likeness (QED) is 0.490. The Kier molecular flexibility index (Phi) is 6.85. The van der Waals surface area contributed by atoms with E-state index in [0.717, 1.165) is 24.2 Å². The van der Waals surface area contributed by atoms with Gasteiger partial charge in [-0.3, -0.25) is 4.79 Å². The summed E-state index contributed by atoms with van der Waals surface area (Å²) in [5.74, 6) is 2.58. The van der Waals surface area contributed by atoms with E-state index in [1.165, 1.54) is 0 Å². The minimum Gasteiger partial charge on any atom is -0.493 e. The minimum atomic E-state index is -0.204. The summed E-state index contributed by atoms with van der Waals surface area (Å²) < 4.78 is 22.5. The number of aromatic nitrogens is 1. The Hall–Kier alpha value is -3.19. The van der Waals surface area contributed by atoms with Gasteiger partial charge in [0.2, 0.25) is 11.6 Å². The van der Waals surface area contributed by atoms with E-state index >= 15 is 0 Å². The highest BCUT2D eigenvalue weighted by Gasteiger charge is 2.33. The number of hydrogen-bond donors (Lipinski definition) is 0. The van der Waals surface area contributed by atoms with Crippen molar-refractivity contribution >= 4 is 17.5 Å². The van der Waals surface area contributed by atoms with Gasteiger partial charge in [0.25, 0.3) is 5.91 Å². The van der Waals surface area contributed by atoms with Gasteiger partial charge in [-0.15, -0.1) is 0 Å². The fraction of sp³-hybridized carbons (Fsp3) is 0.333. The van der Waals surface area contributed by atoms with Crippen LogP contribution in [0.4, 0.5) is 0 Å². The molecular formula is C24H25ClN2O5. The lowest BCUT2D eigenvalue weighted by Gasteiger charge is -2.23. The Morgan fingerprint density at radius 3 is 2.56 bits per heavy atom. The number of likely N-dealkylation sites (tertiary alicyclic amines) is 1. The van der Waals surface area contributed by atoms with E-state index in [4.69, 9.17) is 30.2 Å². The first-order chi connectivity index (χ1) is 15.6. The standard InChI is InChI=1S/C24H25ClN2O5/c1-29-20-6-3-7-21(30-2)23(20)31-15-22(28)27-12-4-5-19(27)24-26-14-18(32-24)13-16-8-10-17(25)11-9-16/h3,6-11,14,19H,4-5,12-13,15H2,1-2H3. The van der Waals surface area contributed by atoms with E-state index in [2.05, 4.69) is 4.98 Å². The lowest BCUT2D eigenvalue weighted by molar-refractivity contribution is -0.134. The van der Waals surface area contributed by atoms with Crippen molar-refractivity contribution in [3.8, 4) is 17.2 Å². The Labute approximate surface area is 191 Å². The molecule has 32 heavy (non-hydrogen) atoms. The highest BCUT2D eigenvalue weighted by Crippen LogP contribution is 2.37. The number of ether oxygens (including phenoxy) is 3. The number of carbonyl (C=O) groups is 1. The largest absolute Gasteiger partial charge is 0.493 e. The molecule has 0 radical (unpaired) electrons. The first-order valence-electron chi connectivity index (χ1n) is 10.4. The molecule has 1 unspecified atom stereocenters. The summed E-state index contributed by atoms with van der Waals surface area (Å²) in [7, 11) is 3.09. The van der Waals surface area contributed by atoms with E-state index in [0.29, 0.717) is 41.1 Å². The summed E-state index contributed by atoms with van der Waals surface area (Å²) >= 11 is 5.95. The number of oxazole rings is 1. The second kappa shape index (κ2) is 9.96. The molecule has 0 N–H and O–H groups in total. The van der Waals surface area contributed by atoms with E-state index in [9.17, 15) is 4.79 Å². The van der Waals surface area contributed by atoms with Crippen molar-refractivity contribution in [2.24, 2.45) is 0 Å². The minimum absolute atomic E-state index is 0.133. The third-order valence-electron chi connectivity index (χ3n) is 5.44. The van der Waals surface area contributed by atoms with Crippen LogP contribution in [0.3, 0.4) is 0 Å². The molecule has 0 bridgehead atoms. The highest BCUT2D eigenvalue weighted by atomic mass is 35.5. The lowest BCUT2D eigenvalue weighted by Crippen LogP contribution is -2.34. The maximum Gasteiger partial charge on any atom is 0.261 e. The molecule has 2 heterocycles. The van der Waals surface area contributed by atoms with Gasteiger partial charge in [0, 0.05) is 18.0 Å². The normalized spacial score (nSPS) is 15.6. The Balaban J connectivity index is 1.42. The van der Waals surface area contributed by atoms with E-state index in [-0.39, 0.29) is 18.6 Å². The van der Waals surface area contributed by atoms with Crippen molar-refractivity contribution in [3.05, 3.63) is 70.9 Å². The predicted molar refractivity (Wildman–Crippen MR) is 119 cm³/mol. The molecule has 0 saturated carbocycles. The molecule has 4 rings (SSSR count). The summed E-state index contributed by atoms with van der Waals surface area (Å²) in [5.41, 5.74) is 1.08. The average Bonchev–Trinajstić information content (AvgIpc) is 3.48. The maximum atomic E-state index is 13.0. The van der Waals surface area contributed by atoms with Gasteiger partial charge in [-0.25, -0.2) is 4.98 Å². The zero-order chi connectivity index (χ0) is 22.5. The van der Waals surface area contributed by atoms with E-state index < -0.39 is 0 Å². The number of amides is 1. The van der Waals surface area contributed by atoms with Crippen LogP contribution >= 0.6 is 11.6 Å². The van der Waals surface area contributed by atoms with Crippen LogP contribution in [0.15, 0.2) is 53.1 Å². The zero-order valence-corrected chi connectivity index (χ0v) is 18.8. The molecule has 1 atom stereocenters. The Morgan fingerprint density at radius 1 is 1.16 bits per heavy atom. The number of nitrogens with zero attached hydrogens (tertiary/aromatic N) is 2. The third kappa shape index (κ3) is 4.83. The monoisotopic (exact) mass is 456 g/mol. The van der Waals surface area contributed by atoms with E-state index in [1.54, 1.807) is 43.5 Å². The topological polar surface area (TPSA) is 74.0 Å². The first-order valence-corrected chi connectivity index (χ1v) is 10.8. The Morgan fingerprint density at radius 2 is 1.88 bits per heavy atom. The SMILES string of the molecule is COc1cccc(OC)c1OCC(=O)N1CCCC1c1ncc(Cc2ccc(Cl)cc2)o1. The van der Waals surface area contributed by atoms with Gasteiger partial charge in [-0.05, 0) is 42.7 Å². The molecule has 1 aliphatic heterocycles. The summed E-state index contributed by atoms with van der Waals surface area (Å²) in [6, 6.07) is 12.7. The van der Waals surface area contributed by atoms with Gasteiger partial charge in [-0.2, -0.15) is 0 Å². The van der Waals surface area contributed by atoms with Crippen LogP contribution in [-0.2, 0) is 11.2 Å². The summed E-state index contributed by atoms with van der Waals surface area (Å²) in [6.07, 6.45) is 4.01. The number of methoxy groups -OCH3 is 2. The fourth-order valence-corrected chi connectivity index (χ4v) is 3.99. The average molecular weight is 457 g/mol. The Bertz CT molecular complexity index is 1040. The highest BCUT2D eigenvalue weighted by molar-refractivity contribution is 6.30. The zero-order valence-electron chi connectivity index (χ0n) is 18.0. The van der Waals surface area contributed by atoms with Crippen molar-refractivity contribution in [2.75, 3.05) is 27.4 Å². The molecule has 1 aromatic heterocycles. The van der Waals surface area contributed by atoms with Crippen molar-refractivity contribution in [2.45, 2.75) is 25.3 Å². The fourth-order valence-electron chi connectivity index (χ4n) is 3.86. The van der Waals surface area contributed by atoms with Crippen LogP contribution in [0, 0.1) is 0 Å². The summed E-state index contributed by atoms with van der Waals surface area (Å²) in [4.78, 5) is 19.2. The van der Waals surface area contributed by atoms with Crippen LogP contribution in [-0.4, -0.2) is 43.2 Å². The molecule has 1 saturated heterocycles. The smallest absolute Gasteiger partial charge is 0.261 e. The van der Waals surface area contributed by atoms with Gasteiger partial charge in [-0.1, -0.05) is 29.8 Å². The first kappa shape index (κ1) is 22.0. The number of rotatable bonds is 8. The summed E-state index contributed by atoms with van der Waals surface area (Å²) in [6.45, 7) is 0.496. The number of benzene rings is 2. The van der Waals surface area contributed by atoms with Crippen LogP contribution in [0.2, 0.25) is 5.02 Å². The van der Waals surface area contributed by atoms with Crippen molar-refractivity contribution in [1.82, 2.24) is 9.88 Å². The van der Waals surface area contributed by atoms with Gasteiger partial charge in [0.15, 0.2) is 18.1 Å². The predicted octanol–water partition coefficient (Wildman–Crippen LogP) is 4.68. The molecule has 8 heteroatoms. The molecule has 0 spiro atoms. The molecule has 2 aromatic carbocycles. The van der Waals surface area contributed by atoms with Gasteiger partial charge in [0.1, 0.15) is 11.8 Å². The molecule has 1 fully saturated rings. The third-order valence-corrected chi connectivity index (χ3v) is 5.70. The number of halogens is 1. The second-order valence-electron chi connectivity index (χ2n) is 7.49. The van der Waals surface area contributed by atoms with Crippen LogP contribution in [0.1, 0.15) is 36.1 Å². The summed E-state index contributed by atoms with van der Waals surface area (Å²) in [5, 5.41) is 0.695. The molecule has 0 aliphatic carbocycles. The number of carbonyl (C=O) groups excluding carboxylic acids is 1. The van der Waals surface area contributed by atoms with Gasteiger partial charge >= 0.3 is 0 Å². The molecule has 3 aromatic rings. The molecule has 168 valence electrons. The molecule has 1 aliphatic rings. The molecule has 7 nitrogen and oxygen atoms in total. The molecular weight excluding hydrogens is 432 g/mol. The van der Waals surface area contributed by atoms with Crippen LogP contribution in [0.25, 0.3) is 0 Å². The van der Waals surface area contributed by atoms with E-state index in [1.807, 2.05) is 24.3 Å². The molecule has 1 amide bonds.